The highest BCUT2D eigenvalue weighted by Gasteiger charge is 2.16. The van der Waals surface area contributed by atoms with E-state index < -0.39 is 0 Å². The number of aryl methyl sites for hydroxylation is 1. The molecule has 1 aromatic heterocycles. The van der Waals surface area contributed by atoms with Gasteiger partial charge in [0, 0.05) is 16.6 Å². The average Bonchev–Trinajstić information content (AvgIpc) is 2.25. The van der Waals surface area contributed by atoms with Crippen molar-refractivity contribution in [3.63, 3.8) is 0 Å². The summed E-state index contributed by atoms with van der Waals surface area (Å²) >= 11 is 0. The molecule has 3 heteroatoms. The predicted molar refractivity (Wildman–Crippen MR) is 75.0 cm³/mol. The predicted octanol–water partition coefficient (Wildman–Crippen LogP) is 2.83. The molecule has 2 rings (SSSR count). The smallest absolute Gasteiger partial charge is 0.128 e. The van der Waals surface area contributed by atoms with Crippen molar-refractivity contribution < 1.29 is 4.74 Å². The Morgan fingerprint density at radius 3 is 2.67 bits per heavy atom. The van der Waals surface area contributed by atoms with Gasteiger partial charge in [0.1, 0.15) is 5.75 Å². The summed E-state index contributed by atoms with van der Waals surface area (Å²) in [6, 6.07) is 8.04. The Balaban J connectivity index is 2.69. The van der Waals surface area contributed by atoms with E-state index in [1.807, 2.05) is 39.0 Å². The third kappa shape index (κ3) is 2.62. The lowest BCUT2D eigenvalue weighted by Gasteiger charge is -2.20. The minimum absolute atomic E-state index is 0.248. The summed E-state index contributed by atoms with van der Waals surface area (Å²) in [6.07, 6.45) is 0.799. The van der Waals surface area contributed by atoms with E-state index >= 15 is 0 Å². The van der Waals surface area contributed by atoms with Gasteiger partial charge in [-0.3, -0.25) is 4.98 Å². The maximum absolute atomic E-state index is 6.14. The highest BCUT2D eigenvalue weighted by molar-refractivity contribution is 5.88. The van der Waals surface area contributed by atoms with Crippen LogP contribution in [-0.4, -0.2) is 17.6 Å². The van der Waals surface area contributed by atoms with Crippen molar-refractivity contribution in [2.45, 2.75) is 32.7 Å². The molecule has 0 saturated carbocycles. The number of fused-ring (bicyclic) bond motifs is 1. The Labute approximate surface area is 108 Å². The largest absolute Gasteiger partial charge is 0.496 e. The third-order valence-electron chi connectivity index (χ3n) is 2.87. The number of pyridine rings is 1. The summed E-state index contributed by atoms with van der Waals surface area (Å²) in [6.45, 7) is 6.07. The summed E-state index contributed by atoms with van der Waals surface area (Å²) in [5.74, 6) is 0.860. The van der Waals surface area contributed by atoms with E-state index in [1.165, 1.54) is 5.56 Å². The van der Waals surface area contributed by atoms with E-state index in [1.54, 1.807) is 7.11 Å². The van der Waals surface area contributed by atoms with Gasteiger partial charge in [-0.05, 0) is 51.0 Å². The lowest BCUT2D eigenvalue weighted by atomic mass is 9.93. The second-order valence-electron chi connectivity index (χ2n) is 5.44. The van der Waals surface area contributed by atoms with Crippen LogP contribution in [-0.2, 0) is 6.42 Å². The van der Waals surface area contributed by atoms with Crippen LogP contribution in [0, 0.1) is 6.92 Å². The molecule has 3 nitrogen and oxygen atoms in total. The normalized spacial score (nSPS) is 11.8. The molecule has 1 aromatic carbocycles. The highest BCUT2D eigenvalue weighted by atomic mass is 16.5. The van der Waals surface area contributed by atoms with Gasteiger partial charge in [-0.2, -0.15) is 0 Å². The lowest BCUT2D eigenvalue weighted by Crippen LogP contribution is -2.34. The first-order chi connectivity index (χ1) is 8.40. The molecule has 0 saturated heterocycles. The minimum Gasteiger partial charge on any atom is -0.496 e. The molecular formula is C15H20N2O. The van der Waals surface area contributed by atoms with Crippen molar-refractivity contribution in [1.82, 2.24) is 4.98 Å². The van der Waals surface area contributed by atoms with E-state index in [0.29, 0.717) is 0 Å². The molecule has 1 heterocycles. The summed E-state index contributed by atoms with van der Waals surface area (Å²) < 4.78 is 5.44. The van der Waals surface area contributed by atoms with E-state index in [2.05, 4.69) is 11.1 Å². The van der Waals surface area contributed by atoms with Crippen LogP contribution in [0.15, 0.2) is 24.3 Å². The molecule has 0 bridgehead atoms. The maximum atomic E-state index is 6.14. The number of methoxy groups -OCH3 is 1. The van der Waals surface area contributed by atoms with Gasteiger partial charge in [0.15, 0.2) is 0 Å². The molecule has 0 spiro atoms. The topological polar surface area (TPSA) is 48.1 Å². The van der Waals surface area contributed by atoms with Crippen LogP contribution in [0.5, 0.6) is 5.75 Å². The SMILES string of the molecule is COc1cccc2nc(C)cc(CC(C)(C)N)c12. The van der Waals surface area contributed by atoms with Crippen molar-refractivity contribution in [1.29, 1.82) is 0 Å². The van der Waals surface area contributed by atoms with Gasteiger partial charge in [0.2, 0.25) is 0 Å². The first-order valence-corrected chi connectivity index (χ1v) is 6.13. The number of hydrogen-bond acceptors (Lipinski definition) is 3. The molecule has 0 aliphatic carbocycles. The van der Waals surface area contributed by atoms with E-state index in [-0.39, 0.29) is 5.54 Å². The van der Waals surface area contributed by atoms with Crippen LogP contribution in [0.4, 0.5) is 0 Å². The van der Waals surface area contributed by atoms with Crippen LogP contribution in [0.2, 0.25) is 0 Å². The number of hydrogen-bond donors (Lipinski definition) is 1. The summed E-state index contributed by atoms with van der Waals surface area (Å²) in [4.78, 5) is 4.55. The number of benzene rings is 1. The molecule has 2 aromatic rings. The highest BCUT2D eigenvalue weighted by Crippen LogP contribution is 2.30. The van der Waals surface area contributed by atoms with Crippen LogP contribution in [0.1, 0.15) is 25.1 Å². The van der Waals surface area contributed by atoms with Gasteiger partial charge in [-0.15, -0.1) is 0 Å². The Morgan fingerprint density at radius 1 is 1.33 bits per heavy atom. The molecule has 18 heavy (non-hydrogen) atoms. The maximum Gasteiger partial charge on any atom is 0.128 e. The number of nitrogens with zero attached hydrogens (tertiary/aromatic N) is 1. The molecule has 0 fully saturated rings. The second kappa shape index (κ2) is 4.58. The van der Waals surface area contributed by atoms with Gasteiger partial charge in [-0.1, -0.05) is 6.07 Å². The van der Waals surface area contributed by atoms with Gasteiger partial charge < -0.3 is 10.5 Å². The Kier molecular flexibility index (Phi) is 3.26. The molecule has 0 radical (unpaired) electrons. The lowest BCUT2D eigenvalue weighted by molar-refractivity contribution is 0.419. The summed E-state index contributed by atoms with van der Waals surface area (Å²) in [5, 5.41) is 1.07. The molecule has 0 atom stereocenters. The average molecular weight is 244 g/mol. The molecule has 96 valence electrons. The Bertz CT molecular complexity index is 570. The zero-order valence-electron chi connectivity index (χ0n) is 11.4. The van der Waals surface area contributed by atoms with E-state index in [0.717, 1.165) is 28.8 Å². The van der Waals surface area contributed by atoms with Gasteiger partial charge in [0.05, 0.1) is 12.6 Å². The third-order valence-corrected chi connectivity index (χ3v) is 2.87. The van der Waals surface area contributed by atoms with Crippen LogP contribution >= 0.6 is 0 Å². The molecule has 0 amide bonds. The molecule has 0 unspecified atom stereocenters. The minimum atomic E-state index is -0.248. The van der Waals surface area contributed by atoms with Crippen molar-refractivity contribution in [3.05, 3.63) is 35.5 Å². The summed E-state index contributed by atoms with van der Waals surface area (Å²) in [5.41, 5.74) is 9.06. The Hall–Kier alpha value is -1.61. The molecule has 0 aliphatic heterocycles. The quantitative estimate of drug-likeness (QED) is 0.903. The number of ether oxygens (including phenoxy) is 1. The standard InChI is InChI=1S/C15H20N2O/c1-10-8-11(9-15(2,3)16)14-12(17-10)6-5-7-13(14)18-4/h5-8H,9,16H2,1-4H3. The van der Waals surface area contributed by atoms with Gasteiger partial charge in [0.25, 0.3) is 0 Å². The zero-order valence-corrected chi connectivity index (χ0v) is 11.4. The monoisotopic (exact) mass is 244 g/mol. The fraction of sp³-hybridized carbons (Fsp3) is 0.400. The van der Waals surface area contributed by atoms with Crippen LogP contribution in [0.3, 0.4) is 0 Å². The number of nitrogens with two attached hydrogens (primary N) is 1. The molecule has 2 N–H and O–H groups in total. The van der Waals surface area contributed by atoms with Crippen LogP contribution in [0.25, 0.3) is 10.9 Å². The zero-order chi connectivity index (χ0) is 13.3. The fourth-order valence-corrected chi connectivity index (χ4v) is 2.28. The van der Waals surface area contributed by atoms with Crippen molar-refractivity contribution in [2.24, 2.45) is 5.73 Å². The number of rotatable bonds is 3. The number of aromatic nitrogens is 1. The van der Waals surface area contributed by atoms with Crippen molar-refractivity contribution in [2.75, 3.05) is 7.11 Å². The molecule has 0 aliphatic rings. The van der Waals surface area contributed by atoms with Gasteiger partial charge >= 0.3 is 0 Å². The van der Waals surface area contributed by atoms with Gasteiger partial charge in [-0.25, -0.2) is 0 Å². The van der Waals surface area contributed by atoms with E-state index in [4.69, 9.17) is 10.5 Å². The van der Waals surface area contributed by atoms with E-state index in [9.17, 15) is 0 Å². The Morgan fingerprint density at radius 2 is 2.06 bits per heavy atom. The summed E-state index contributed by atoms with van der Waals surface area (Å²) in [7, 11) is 1.69. The second-order valence-corrected chi connectivity index (χ2v) is 5.44. The first-order valence-electron chi connectivity index (χ1n) is 6.13. The first kappa shape index (κ1) is 12.8. The molecular weight excluding hydrogens is 224 g/mol. The van der Waals surface area contributed by atoms with Crippen molar-refractivity contribution in [3.8, 4) is 5.75 Å². The fourth-order valence-electron chi connectivity index (χ4n) is 2.28. The van der Waals surface area contributed by atoms with Crippen LogP contribution < -0.4 is 10.5 Å². The van der Waals surface area contributed by atoms with Crippen molar-refractivity contribution >= 4 is 10.9 Å².